The predicted molar refractivity (Wildman–Crippen MR) is 116 cm³/mol. The van der Waals surface area contributed by atoms with Crippen LogP contribution in [-0.4, -0.2) is 26.4 Å². The SMILES string of the molecule is C=CCn1c(SCC(=O)Nc2c(CC)cccc2CC)nnc1C1CCCC1. The minimum Gasteiger partial charge on any atom is -0.325 e. The third kappa shape index (κ3) is 4.66. The van der Waals surface area contributed by atoms with E-state index in [9.17, 15) is 4.79 Å². The first-order chi connectivity index (χ1) is 13.7. The lowest BCUT2D eigenvalue weighted by Gasteiger charge is -2.14. The molecule has 5 nitrogen and oxygen atoms in total. The molecule has 0 bridgehead atoms. The average molecular weight is 399 g/mol. The number of thioether (sulfide) groups is 1. The van der Waals surface area contributed by atoms with Crippen LogP contribution in [-0.2, 0) is 24.2 Å². The highest BCUT2D eigenvalue weighted by molar-refractivity contribution is 7.99. The Hall–Kier alpha value is -2.08. The molecule has 2 aromatic rings. The fraction of sp³-hybridized carbons (Fsp3) is 0.500. The average Bonchev–Trinajstić information content (AvgIpc) is 3.36. The van der Waals surface area contributed by atoms with E-state index in [1.165, 1.54) is 48.6 Å². The number of allylic oxidation sites excluding steroid dienone is 1. The van der Waals surface area contributed by atoms with Gasteiger partial charge in [-0.05, 0) is 36.8 Å². The zero-order valence-corrected chi connectivity index (χ0v) is 17.7. The molecule has 28 heavy (non-hydrogen) atoms. The molecule has 150 valence electrons. The normalized spacial score (nSPS) is 14.4. The summed E-state index contributed by atoms with van der Waals surface area (Å²) in [4.78, 5) is 12.6. The number of aryl methyl sites for hydroxylation is 2. The van der Waals surface area contributed by atoms with Gasteiger partial charge in [0, 0.05) is 18.2 Å². The highest BCUT2D eigenvalue weighted by atomic mass is 32.2. The smallest absolute Gasteiger partial charge is 0.234 e. The number of aromatic nitrogens is 3. The first kappa shape index (κ1) is 20.6. The van der Waals surface area contributed by atoms with Crippen molar-refractivity contribution >= 4 is 23.4 Å². The quantitative estimate of drug-likeness (QED) is 0.478. The van der Waals surface area contributed by atoms with E-state index in [2.05, 4.69) is 58.7 Å². The summed E-state index contributed by atoms with van der Waals surface area (Å²) in [6.07, 6.45) is 8.53. The minimum absolute atomic E-state index is 0.00355. The van der Waals surface area contributed by atoms with Crippen LogP contribution in [0.25, 0.3) is 0 Å². The van der Waals surface area contributed by atoms with Crippen LogP contribution < -0.4 is 5.32 Å². The molecule has 1 aliphatic rings. The van der Waals surface area contributed by atoms with Crippen molar-refractivity contribution in [1.82, 2.24) is 14.8 Å². The maximum Gasteiger partial charge on any atom is 0.234 e. The molecule has 1 aliphatic carbocycles. The van der Waals surface area contributed by atoms with Gasteiger partial charge in [0.25, 0.3) is 0 Å². The standard InChI is InChI=1S/C22H30N4OS/c1-4-14-26-21(18-10-7-8-11-18)24-25-22(26)28-15-19(27)23-20-16(5-2)12-9-13-17(20)6-3/h4,9,12-13,18H,1,5-8,10-11,14-15H2,2-3H3,(H,23,27). The van der Waals surface area contributed by atoms with E-state index >= 15 is 0 Å². The first-order valence-corrected chi connectivity index (χ1v) is 11.2. The van der Waals surface area contributed by atoms with Crippen LogP contribution in [0, 0.1) is 0 Å². The van der Waals surface area contributed by atoms with Crippen LogP contribution in [0.3, 0.4) is 0 Å². The van der Waals surface area contributed by atoms with E-state index in [-0.39, 0.29) is 5.91 Å². The van der Waals surface area contributed by atoms with Gasteiger partial charge in [-0.3, -0.25) is 4.79 Å². The third-order valence-electron chi connectivity index (χ3n) is 5.37. The van der Waals surface area contributed by atoms with Crippen molar-refractivity contribution in [3.63, 3.8) is 0 Å². The number of carbonyl (C=O) groups excluding carboxylic acids is 1. The van der Waals surface area contributed by atoms with Crippen LogP contribution in [0.2, 0.25) is 0 Å². The van der Waals surface area contributed by atoms with Crippen molar-refractivity contribution < 1.29 is 4.79 Å². The van der Waals surface area contributed by atoms with Crippen molar-refractivity contribution in [3.05, 3.63) is 47.8 Å². The van der Waals surface area contributed by atoms with E-state index in [0.29, 0.717) is 18.2 Å². The van der Waals surface area contributed by atoms with Crippen LogP contribution in [0.4, 0.5) is 5.69 Å². The van der Waals surface area contributed by atoms with E-state index < -0.39 is 0 Å². The molecule has 0 atom stereocenters. The Bertz CT molecular complexity index is 802. The van der Waals surface area contributed by atoms with E-state index in [0.717, 1.165) is 29.5 Å². The summed E-state index contributed by atoms with van der Waals surface area (Å²) in [5.74, 6) is 1.85. The van der Waals surface area contributed by atoms with Gasteiger partial charge in [0.05, 0.1) is 5.75 Å². The molecular weight excluding hydrogens is 368 g/mol. The number of benzene rings is 1. The number of rotatable bonds is 9. The Kier molecular flexibility index (Phi) is 7.31. The molecule has 3 rings (SSSR count). The van der Waals surface area contributed by atoms with E-state index in [1.54, 1.807) is 0 Å². The van der Waals surface area contributed by atoms with Gasteiger partial charge >= 0.3 is 0 Å². The monoisotopic (exact) mass is 398 g/mol. The molecule has 1 amide bonds. The fourth-order valence-corrected chi connectivity index (χ4v) is 4.66. The number of para-hydroxylation sites is 1. The van der Waals surface area contributed by atoms with Crippen molar-refractivity contribution in [2.45, 2.75) is 70.0 Å². The molecule has 0 spiro atoms. The lowest BCUT2D eigenvalue weighted by Crippen LogP contribution is -2.17. The highest BCUT2D eigenvalue weighted by Crippen LogP contribution is 2.34. The predicted octanol–water partition coefficient (Wildman–Crippen LogP) is 4.98. The molecule has 0 aliphatic heterocycles. The summed E-state index contributed by atoms with van der Waals surface area (Å²) >= 11 is 1.45. The Labute approximate surface area is 172 Å². The number of hydrogen-bond donors (Lipinski definition) is 1. The summed E-state index contributed by atoms with van der Waals surface area (Å²) in [6.45, 7) is 8.78. The minimum atomic E-state index is -0.00355. The molecule has 1 N–H and O–H groups in total. The Balaban J connectivity index is 1.69. The molecular formula is C22H30N4OS. The molecule has 1 aromatic heterocycles. The van der Waals surface area contributed by atoms with Crippen LogP contribution in [0.5, 0.6) is 0 Å². The van der Waals surface area contributed by atoms with E-state index in [4.69, 9.17) is 0 Å². The summed E-state index contributed by atoms with van der Waals surface area (Å²) in [5, 5.41) is 12.7. The molecule has 0 radical (unpaired) electrons. The van der Waals surface area contributed by atoms with Crippen molar-refractivity contribution in [1.29, 1.82) is 0 Å². The number of nitrogens with one attached hydrogen (secondary N) is 1. The molecule has 1 heterocycles. The number of amides is 1. The number of nitrogens with zero attached hydrogens (tertiary/aromatic N) is 3. The topological polar surface area (TPSA) is 59.8 Å². The van der Waals surface area contributed by atoms with Crippen molar-refractivity contribution in [3.8, 4) is 0 Å². The van der Waals surface area contributed by atoms with Crippen molar-refractivity contribution in [2.75, 3.05) is 11.1 Å². The summed E-state index contributed by atoms with van der Waals surface area (Å²) in [6, 6.07) is 6.22. The number of anilines is 1. The number of carbonyl (C=O) groups is 1. The Morgan fingerprint density at radius 3 is 2.54 bits per heavy atom. The van der Waals surface area contributed by atoms with Crippen LogP contribution in [0.1, 0.15) is 62.4 Å². The lowest BCUT2D eigenvalue weighted by atomic mass is 10.0. The van der Waals surface area contributed by atoms with E-state index in [1.807, 2.05) is 6.08 Å². The third-order valence-corrected chi connectivity index (χ3v) is 6.34. The second-order valence-corrected chi connectivity index (χ2v) is 8.16. The molecule has 0 saturated heterocycles. The Morgan fingerprint density at radius 1 is 1.25 bits per heavy atom. The first-order valence-electron chi connectivity index (χ1n) is 10.2. The van der Waals surface area contributed by atoms with Gasteiger partial charge in [-0.1, -0.05) is 62.7 Å². The van der Waals surface area contributed by atoms with Crippen LogP contribution in [0.15, 0.2) is 36.0 Å². The van der Waals surface area contributed by atoms with Crippen molar-refractivity contribution in [2.24, 2.45) is 0 Å². The van der Waals surface area contributed by atoms with Gasteiger partial charge in [0.1, 0.15) is 5.82 Å². The molecule has 1 aromatic carbocycles. The van der Waals surface area contributed by atoms with Gasteiger partial charge in [-0.2, -0.15) is 0 Å². The van der Waals surface area contributed by atoms with Gasteiger partial charge < -0.3 is 9.88 Å². The molecule has 0 unspecified atom stereocenters. The maximum absolute atomic E-state index is 12.6. The zero-order chi connectivity index (χ0) is 19.9. The van der Waals surface area contributed by atoms with Gasteiger partial charge in [0.15, 0.2) is 5.16 Å². The molecule has 1 fully saturated rings. The summed E-state index contributed by atoms with van der Waals surface area (Å²) < 4.78 is 2.12. The molecule has 6 heteroatoms. The summed E-state index contributed by atoms with van der Waals surface area (Å²) in [7, 11) is 0. The fourth-order valence-electron chi connectivity index (χ4n) is 3.90. The zero-order valence-electron chi connectivity index (χ0n) is 16.9. The van der Waals surface area contributed by atoms with Gasteiger partial charge in [-0.15, -0.1) is 16.8 Å². The van der Waals surface area contributed by atoms with Gasteiger partial charge in [-0.25, -0.2) is 0 Å². The Morgan fingerprint density at radius 2 is 1.93 bits per heavy atom. The molecule has 1 saturated carbocycles. The second kappa shape index (κ2) is 9.92. The largest absolute Gasteiger partial charge is 0.325 e. The number of hydrogen-bond acceptors (Lipinski definition) is 4. The highest BCUT2D eigenvalue weighted by Gasteiger charge is 2.24. The summed E-state index contributed by atoms with van der Waals surface area (Å²) in [5.41, 5.74) is 3.32. The van der Waals surface area contributed by atoms with Gasteiger partial charge in [0.2, 0.25) is 5.91 Å². The van der Waals surface area contributed by atoms with Crippen LogP contribution >= 0.6 is 11.8 Å². The maximum atomic E-state index is 12.6. The lowest BCUT2D eigenvalue weighted by molar-refractivity contribution is -0.113. The second-order valence-electron chi connectivity index (χ2n) is 7.22.